The summed E-state index contributed by atoms with van der Waals surface area (Å²) in [5, 5.41) is 11.9. The predicted octanol–water partition coefficient (Wildman–Crippen LogP) is 1.07. The zero-order valence-electron chi connectivity index (χ0n) is 13.8. The van der Waals surface area contributed by atoms with Crippen LogP contribution in [0.2, 0.25) is 0 Å². The van der Waals surface area contributed by atoms with Gasteiger partial charge in [-0.1, -0.05) is 12.1 Å². The Labute approximate surface area is 141 Å². The topological polar surface area (TPSA) is 85.7 Å². The molecule has 1 saturated heterocycles. The minimum absolute atomic E-state index is 0.000720. The fraction of sp³-hybridized carbons (Fsp3) is 0.353. The van der Waals surface area contributed by atoms with Crippen LogP contribution in [0.5, 0.6) is 0 Å². The van der Waals surface area contributed by atoms with Gasteiger partial charge in [-0.15, -0.1) is 0 Å². The number of piperazine rings is 1. The van der Waals surface area contributed by atoms with Gasteiger partial charge in [0.25, 0.3) is 5.91 Å². The highest BCUT2D eigenvalue weighted by Gasteiger charge is 2.18. The van der Waals surface area contributed by atoms with Crippen molar-refractivity contribution in [2.24, 2.45) is 0 Å². The Balaban J connectivity index is 2.13. The van der Waals surface area contributed by atoms with E-state index in [2.05, 4.69) is 10.2 Å². The summed E-state index contributed by atoms with van der Waals surface area (Å²) in [5.41, 5.74) is 0.554. The van der Waals surface area contributed by atoms with Gasteiger partial charge in [0.1, 0.15) is 11.6 Å². The Hall–Kier alpha value is -2.85. The summed E-state index contributed by atoms with van der Waals surface area (Å²) in [6.45, 7) is 3.27. The number of nitrogens with one attached hydrogen (secondary N) is 1. The van der Waals surface area contributed by atoms with Crippen LogP contribution >= 0.6 is 0 Å². The molecule has 0 bridgehead atoms. The van der Waals surface area contributed by atoms with Gasteiger partial charge in [0.15, 0.2) is 0 Å². The van der Waals surface area contributed by atoms with Gasteiger partial charge in [0.2, 0.25) is 0 Å². The van der Waals surface area contributed by atoms with E-state index in [-0.39, 0.29) is 11.1 Å². The number of esters is 1. The Morgan fingerprint density at radius 1 is 1.25 bits per heavy atom. The number of ether oxygens (including phenoxy) is 1. The summed E-state index contributed by atoms with van der Waals surface area (Å²) in [6, 6.07) is 8.43. The summed E-state index contributed by atoms with van der Waals surface area (Å²) in [5.74, 6) is -1.10. The zero-order chi connectivity index (χ0) is 17.5. The number of carbonyl (C=O) groups excluding carboxylic acids is 2. The van der Waals surface area contributed by atoms with Crippen LogP contribution in [-0.4, -0.2) is 62.0 Å². The number of nitrogens with zero attached hydrogens (tertiary/aromatic N) is 3. The highest BCUT2D eigenvalue weighted by Crippen LogP contribution is 2.17. The highest BCUT2D eigenvalue weighted by molar-refractivity contribution is 6.09. The molecule has 0 aliphatic carbocycles. The molecule has 1 aromatic carbocycles. The number of anilines is 1. The largest absolute Gasteiger partial charge is 0.465 e. The van der Waals surface area contributed by atoms with Gasteiger partial charge in [0.05, 0.1) is 18.4 Å². The molecule has 0 radical (unpaired) electrons. The van der Waals surface area contributed by atoms with E-state index in [0.29, 0.717) is 5.69 Å². The Bertz CT molecular complexity index is 685. The van der Waals surface area contributed by atoms with E-state index in [9.17, 15) is 14.9 Å². The van der Waals surface area contributed by atoms with Gasteiger partial charge in [-0.05, 0) is 19.2 Å². The molecule has 0 saturated carbocycles. The normalized spacial score (nSPS) is 15.5. The lowest BCUT2D eigenvalue weighted by Gasteiger charge is -2.31. The number of nitriles is 1. The maximum absolute atomic E-state index is 12.4. The summed E-state index contributed by atoms with van der Waals surface area (Å²) in [7, 11) is 3.30. The molecule has 1 aromatic rings. The van der Waals surface area contributed by atoms with Crippen LogP contribution in [0.4, 0.5) is 5.69 Å². The second-order valence-corrected chi connectivity index (χ2v) is 5.49. The second-order valence-electron chi connectivity index (χ2n) is 5.49. The summed E-state index contributed by atoms with van der Waals surface area (Å²) < 4.78 is 4.69. The van der Waals surface area contributed by atoms with E-state index in [4.69, 9.17) is 4.74 Å². The summed E-state index contributed by atoms with van der Waals surface area (Å²) >= 11 is 0. The first-order valence-electron chi connectivity index (χ1n) is 7.58. The molecule has 0 aromatic heterocycles. The highest BCUT2D eigenvalue weighted by atomic mass is 16.5. The van der Waals surface area contributed by atoms with E-state index in [1.165, 1.54) is 7.11 Å². The number of methoxy groups -OCH3 is 1. The fourth-order valence-corrected chi connectivity index (χ4v) is 2.34. The number of likely N-dealkylation sites (N-methyl/N-ethyl adjacent to an activating group) is 1. The molecule has 1 amide bonds. The van der Waals surface area contributed by atoms with Gasteiger partial charge in [-0.2, -0.15) is 5.26 Å². The van der Waals surface area contributed by atoms with Crippen LogP contribution in [0.25, 0.3) is 0 Å². The minimum atomic E-state index is -0.549. The maximum Gasteiger partial charge on any atom is 0.339 e. The lowest BCUT2D eigenvalue weighted by Crippen LogP contribution is -2.42. The Kier molecular flexibility index (Phi) is 5.93. The van der Waals surface area contributed by atoms with Gasteiger partial charge in [-0.25, -0.2) is 4.79 Å². The lowest BCUT2D eigenvalue weighted by molar-refractivity contribution is -0.112. The third kappa shape index (κ3) is 4.33. The first-order chi connectivity index (χ1) is 11.5. The molecule has 2 rings (SSSR count). The van der Waals surface area contributed by atoms with Crippen LogP contribution in [0.15, 0.2) is 36.0 Å². The smallest absolute Gasteiger partial charge is 0.339 e. The van der Waals surface area contributed by atoms with E-state index in [0.717, 1.165) is 26.2 Å². The summed E-state index contributed by atoms with van der Waals surface area (Å²) in [4.78, 5) is 28.2. The van der Waals surface area contributed by atoms with Gasteiger partial charge >= 0.3 is 5.97 Å². The van der Waals surface area contributed by atoms with Crippen LogP contribution in [0.3, 0.4) is 0 Å². The molecule has 126 valence electrons. The first kappa shape index (κ1) is 17.5. The summed E-state index contributed by atoms with van der Waals surface area (Å²) in [6.07, 6.45) is 1.57. The van der Waals surface area contributed by atoms with E-state index < -0.39 is 11.9 Å². The van der Waals surface area contributed by atoms with Crippen molar-refractivity contribution in [3.63, 3.8) is 0 Å². The molecule has 0 spiro atoms. The third-order valence-corrected chi connectivity index (χ3v) is 3.80. The second kappa shape index (κ2) is 8.13. The number of para-hydroxylation sites is 1. The van der Waals surface area contributed by atoms with Gasteiger partial charge in [0, 0.05) is 32.4 Å². The van der Waals surface area contributed by atoms with Crippen molar-refractivity contribution in [2.75, 3.05) is 45.7 Å². The van der Waals surface area contributed by atoms with E-state index in [1.54, 1.807) is 30.5 Å². The van der Waals surface area contributed by atoms with Crippen molar-refractivity contribution in [3.05, 3.63) is 41.6 Å². The number of amides is 1. The molecule has 7 heteroatoms. The molecule has 0 unspecified atom stereocenters. The van der Waals surface area contributed by atoms with E-state index >= 15 is 0 Å². The number of hydrogen-bond donors (Lipinski definition) is 1. The first-order valence-corrected chi connectivity index (χ1v) is 7.58. The third-order valence-electron chi connectivity index (χ3n) is 3.80. The number of rotatable bonds is 4. The van der Waals surface area contributed by atoms with Gasteiger partial charge in [-0.3, -0.25) is 4.79 Å². The molecular formula is C17H20N4O3. The fourth-order valence-electron chi connectivity index (χ4n) is 2.34. The van der Waals surface area contributed by atoms with Gasteiger partial charge < -0.3 is 19.9 Å². The van der Waals surface area contributed by atoms with Crippen LogP contribution in [-0.2, 0) is 9.53 Å². The number of benzene rings is 1. The molecule has 1 aliphatic rings. The van der Waals surface area contributed by atoms with E-state index in [1.807, 2.05) is 18.0 Å². The molecular weight excluding hydrogens is 308 g/mol. The van der Waals surface area contributed by atoms with Crippen molar-refractivity contribution in [1.82, 2.24) is 9.80 Å². The maximum atomic E-state index is 12.4. The lowest BCUT2D eigenvalue weighted by atomic mass is 10.1. The molecule has 1 heterocycles. The average Bonchev–Trinajstić information content (AvgIpc) is 2.61. The Morgan fingerprint density at radius 2 is 1.92 bits per heavy atom. The molecule has 24 heavy (non-hydrogen) atoms. The number of hydrogen-bond acceptors (Lipinski definition) is 6. The minimum Gasteiger partial charge on any atom is -0.465 e. The SMILES string of the molecule is COC(=O)c1ccccc1NC(=O)/C(C#N)=C\N1CCN(C)CC1. The number of carbonyl (C=O) groups is 2. The predicted molar refractivity (Wildman–Crippen MR) is 89.2 cm³/mol. The average molecular weight is 328 g/mol. The van der Waals surface area contributed by atoms with Crippen molar-refractivity contribution >= 4 is 17.6 Å². The molecule has 0 atom stereocenters. The van der Waals surface area contributed by atoms with Crippen molar-refractivity contribution in [2.45, 2.75) is 0 Å². The quantitative estimate of drug-likeness (QED) is 0.505. The van der Waals surface area contributed by atoms with Crippen LogP contribution in [0, 0.1) is 11.3 Å². The molecule has 1 aliphatic heterocycles. The van der Waals surface area contributed by atoms with Crippen molar-refractivity contribution in [1.29, 1.82) is 5.26 Å². The van der Waals surface area contributed by atoms with Crippen molar-refractivity contribution < 1.29 is 14.3 Å². The molecule has 7 nitrogen and oxygen atoms in total. The van der Waals surface area contributed by atoms with Crippen molar-refractivity contribution in [3.8, 4) is 6.07 Å². The monoisotopic (exact) mass is 328 g/mol. The Morgan fingerprint density at radius 3 is 2.54 bits per heavy atom. The molecule has 1 N–H and O–H groups in total. The standard InChI is InChI=1S/C17H20N4O3/c1-20-7-9-21(10-8-20)12-13(11-18)16(22)19-15-6-4-3-5-14(15)17(23)24-2/h3-6,12H,7-10H2,1-2H3,(H,19,22)/b13-12-. The van der Waals surface area contributed by atoms with Crippen LogP contribution in [0.1, 0.15) is 10.4 Å². The zero-order valence-corrected chi connectivity index (χ0v) is 13.8. The molecule has 1 fully saturated rings. The van der Waals surface area contributed by atoms with Crippen LogP contribution < -0.4 is 5.32 Å².